The van der Waals surface area contributed by atoms with Crippen LogP contribution in [-0.4, -0.2) is 58.7 Å². The van der Waals surface area contributed by atoms with Crippen LogP contribution in [0, 0.1) is 5.92 Å². The van der Waals surface area contributed by atoms with E-state index in [0.717, 1.165) is 11.8 Å². The number of nitrogens with one attached hydrogen (secondary N) is 1. The van der Waals surface area contributed by atoms with E-state index in [0.29, 0.717) is 41.8 Å². The van der Waals surface area contributed by atoms with E-state index in [1.165, 1.54) is 6.07 Å². The Balaban J connectivity index is 1.66. The van der Waals surface area contributed by atoms with Crippen LogP contribution in [0.25, 0.3) is 10.9 Å². The summed E-state index contributed by atoms with van der Waals surface area (Å²) < 4.78 is 68.0. The molecule has 0 bridgehead atoms. The van der Waals surface area contributed by atoms with Gasteiger partial charge in [0.25, 0.3) is 5.92 Å². The molecule has 2 aromatic rings. The lowest BCUT2D eigenvalue weighted by atomic mass is 9.72. The summed E-state index contributed by atoms with van der Waals surface area (Å²) in [6.45, 7) is 0.0368. The normalized spacial score (nSPS) is 25.4. The van der Waals surface area contributed by atoms with Crippen molar-refractivity contribution in [3.05, 3.63) is 35.5 Å². The summed E-state index contributed by atoms with van der Waals surface area (Å²) in [6, 6.07) is 3.02. The molecule has 0 spiro atoms. The Hall–Kier alpha value is -2.20. The zero-order valence-electron chi connectivity index (χ0n) is 17.1. The van der Waals surface area contributed by atoms with Gasteiger partial charge in [-0.25, -0.2) is 8.78 Å². The fourth-order valence-corrected chi connectivity index (χ4v) is 5.07. The molecule has 4 atom stereocenters. The van der Waals surface area contributed by atoms with E-state index in [1.807, 2.05) is 4.90 Å². The van der Waals surface area contributed by atoms with Crippen LogP contribution >= 0.6 is 0 Å². The van der Waals surface area contributed by atoms with Gasteiger partial charge in [0.15, 0.2) is 0 Å². The average molecular weight is 445 g/mol. The lowest BCUT2D eigenvalue weighted by Crippen LogP contribution is -2.55. The number of benzene rings is 1. The second-order valence-corrected chi connectivity index (χ2v) is 8.68. The fourth-order valence-electron chi connectivity index (χ4n) is 5.07. The summed E-state index contributed by atoms with van der Waals surface area (Å²) >= 11 is 0. The van der Waals surface area contributed by atoms with Crippen LogP contribution < -0.4 is 5.32 Å². The molecule has 4 unspecified atom stereocenters. The first-order chi connectivity index (χ1) is 14.4. The van der Waals surface area contributed by atoms with E-state index >= 15 is 0 Å². The molecule has 0 saturated carbocycles. The maximum absolute atomic E-state index is 13.6. The minimum atomic E-state index is -4.54. The summed E-state index contributed by atoms with van der Waals surface area (Å²) in [7, 11) is 1.79. The van der Waals surface area contributed by atoms with Gasteiger partial charge in [0.2, 0.25) is 5.91 Å². The van der Waals surface area contributed by atoms with Crippen molar-refractivity contribution in [1.82, 2.24) is 14.8 Å². The summed E-state index contributed by atoms with van der Waals surface area (Å²) in [5.74, 6) is -4.69. The number of fused-ring (bicyclic) bond motifs is 2. The predicted octanol–water partition coefficient (Wildman–Crippen LogP) is 3.21. The molecule has 2 N–H and O–H groups in total. The van der Waals surface area contributed by atoms with Gasteiger partial charge in [-0.1, -0.05) is 12.1 Å². The quantitative estimate of drug-likeness (QED) is 0.711. The topological polar surface area (TPSA) is 57.5 Å². The molecule has 10 heteroatoms. The number of piperidine rings is 1. The lowest BCUT2D eigenvalue weighted by Gasteiger charge is -2.45. The van der Waals surface area contributed by atoms with E-state index in [-0.39, 0.29) is 17.5 Å². The number of carbonyl (C=O) groups excluding carboxylic acids is 1. The molecule has 0 radical (unpaired) electrons. The monoisotopic (exact) mass is 445 g/mol. The van der Waals surface area contributed by atoms with Crippen LogP contribution in [0.1, 0.15) is 30.4 Å². The number of alkyl halides is 5. The standard InChI is InChI=1S/C21H24F5N3O2/c1-20(22,23)17(10-30)27-19(31)12-6-14-13-4-3-5-15-18(13)11(7-16(14)28(2)8-12)9-29(15)21(24,25)26/h3-5,9,12,14,16-17,30H,6-8,10H2,1-2H3,(H,27,31). The maximum atomic E-state index is 13.6. The fraction of sp³-hybridized carbons (Fsp3) is 0.571. The summed E-state index contributed by atoms with van der Waals surface area (Å²) in [6.07, 6.45) is -2.64. The minimum Gasteiger partial charge on any atom is -0.394 e. The van der Waals surface area contributed by atoms with Crippen molar-refractivity contribution in [2.75, 3.05) is 20.2 Å². The molecule has 1 amide bonds. The highest BCUT2D eigenvalue weighted by Crippen LogP contribution is 2.46. The lowest BCUT2D eigenvalue weighted by molar-refractivity contribution is -0.200. The number of aliphatic hydroxyl groups excluding tert-OH is 1. The molecule has 1 fully saturated rings. The molecule has 1 aromatic carbocycles. The maximum Gasteiger partial charge on any atom is 0.488 e. The molecule has 2 aliphatic rings. The Morgan fingerprint density at radius 2 is 2.00 bits per heavy atom. The average Bonchev–Trinajstić information content (AvgIpc) is 3.06. The first-order valence-corrected chi connectivity index (χ1v) is 10.1. The first kappa shape index (κ1) is 22.0. The van der Waals surface area contributed by atoms with Crippen molar-refractivity contribution < 1.29 is 31.9 Å². The highest BCUT2D eigenvalue weighted by molar-refractivity contribution is 5.89. The van der Waals surface area contributed by atoms with Crippen LogP contribution in [0.5, 0.6) is 0 Å². The summed E-state index contributed by atoms with van der Waals surface area (Å²) in [4.78, 5) is 14.6. The third kappa shape index (κ3) is 3.80. The third-order valence-corrected chi connectivity index (χ3v) is 6.60. The van der Waals surface area contributed by atoms with Gasteiger partial charge in [-0.15, -0.1) is 13.2 Å². The van der Waals surface area contributed by atoms with Crippen molar-refractivity contribution >= 4 is 16.8 Å². The Bertz CT molecular complexity index is 997. The number of carbonyl (C=O) groups is 1. The largest absolute Gasteiger partial charge is 0.488 e. The molecule has 1 aromatic heterocycles. The number of aliphatic hydroxyl groups is 1. The van der Waals surface area contributed by atoms with Crippen molar-refractivity contribution in [2.24, 2.45) is 5.92 Å². The predicted molar refractivity (Wildman–Crippen MR) is 104 cm³/mol. The van der Waals surface area contributed by atoms with Crippen LogP contribution in [-0.2, 0) is 17.5 Å². The van der Waals surface area contributed by atoms with Crippen molar-refractivity contribution in [2.45, 2.75) is 50.0 Å². The van der Waals surface area contributed by atoms with Gasteiger partial charge in [0.05, 0.1) is 18.0 Å². The summed E-state index contributed by atoms with van der Waals surface area (Å²) in [5, 5.41) is 12.0. The number of halogens is 5. The SMILES string of the molecule is CN1CC(C(=O)NC(CO)C(C)(F)F)CC2c3cccc4c3c(cn4C(F)(F)F)CC21. The zero-order chi connectivity index (χ0) is 22.7. The number of likely N-dealkylation sites (tertiary alicyclic amines) is 1. The Kier molecular flexibility index (Phi) is 5.28. The smallest absolute Gasteiger partial charge is 0.394 e. The number of hydrogen-bond donors (Lipinski definition) is 2. The van der Waals surface area contributed by atoms with Crippen molar-refractivity contribution in [3.8, 4) is 0 Å². The van der Waals surface area contributed by atoms with Gasteiger partial charge in [0, 0.05) is 37.0 Å². The van der Waals surface area contributed by atoms with E-state index < -0.39 is 36.7 Å². The molecule has 5 nitrogen and oxygen atoms in total. The molecular weight excluding hydrogens is 421 g/mol. The number of hydrogen-bond acceptors (Lipinski definition) is 3. The second kappa shape index (κ2) is 7.44. The van der Waals surface area contributed by atoms with Crippen molar-refractivity contribution in [3.63, 3.8) is 0 Å². The highest BCUT2D eigenvalue weighted by atomic mass is 19.4. The van der Waals surface area contributed by atoms with Crippen LogP contribution in [0.2, 0.25) is 0 Å². The van der Waals surface area contributed by atoms with E-state index in [4.69, 9.17) is 0 Å². The van der Waals surface area contributed by atoms with Crippen LogP contribution in [0.4, 0.5) is 22.0 Å². The molecule has 1 aliphatic heterocycles. The molecule has 1 saturated heterocycles. The molecule has 1 aliphatic carbocycles. The Morgan fingerprint density at radius 3 is 2.61 bits per heavy atom. The molecule has 4 rings (SSSR count). The van der Waals surface area contributed by atoms with Gasteiger partial charge in [-0.3, -0.25) is 9.36 Å². The number of rotatable bonds is 4. The van der Waals surface area contributed by atoms with Crippen LogP contribution in [0.15, 0.2) is 24.4 Å². The van der Waals surface area contributed by atoms with E-state index in [2.05, 4.69) is 5.32 Å². The summed E-state index contributed by atoms with van der Waals surface area (Å²) in [5.41, 5.74) is 1.44. The van der Waals surface area contributed by atoms with E-state index in [1.54, 1.807) is 19.2 Å². The van der Waals surface area contributed by atoms with Crippen molar-refractivity contribution in [1.29, 1.82) is 0 Å². The number of likely N-dealkylation sites (N-methyl/N-ethyl adjacent to an activating group) is 1. The van der Waals surface area contributed by atoms with Gasteiger partial charge in [-0.05, 0) is 37.1 Å². The second-order valence-electron chi connectivity index (χ2n) is 8.68. The van der Waals surface area contributed by atoms with Crippen LogP contribution in [0.3, 0.4) is 0 Å². The highest BCUT2D eigenvalue weighted by Gasteiger charge is 2.44. The molecule has 170 valence electrons. The molecule has 31 heavy (non-hydrogen) atoms. The van der Waals surface area contributed by atoms with Gasteiger partial charge < -0.3 is 15.3 Å². The van der Waals surface area contributed by atoms with Gasteiger partial charge in [0.1, 0.15) is 6.04 Å². The first-order valence-electron chi connectivity index (χ1n) is 10.1. The zero-order valence-corrected chi connectivity index (χ0v) is 17.1. The number of nitrogens with zero attached hydrogens (tertiary/aromatic N) is 2. The number of aromatic nitrogens is 1. The van der Waals surface area contributed by atoms with E-state index in [9.17, 15) is 31.9 Å². The Labute approximate surface area is 175 Å². The Morgan fingerprint density at radius 1 is 1.29 bits per heavy atom. The molecule has 2 heterocycles. The molecular formula is C21H24F5N3O2. The number of amides is 1. The minimum absolute atomic E-state index is 0.0821. The third-order valence-electron chi connectivity index (χ3n) is 6.60. The van der Waals surface area contributed by atoms with Gasteiger partial charge >= 0.3 is 6.30 Å². The van der Waals surface area contributed by atoms with Gasteiger partial charge in [-0.2, -0.15) is 0 Å².